The summed E-state index contributed by atoms with van der Waals surface area (Å²) in [4.78, 5) is 4.59. The summed E-state index contributed by atoms with van der Waals surface area (Å²) in [6.45, 7) is 0.183. The van der Waals surface area contributed by atoms with E-state index < -0.39 is 47.1 Å². The van der Waals surface area contributed by atoms with Crippen LogP contribution in [0.2, 0.25) is 0 Å². The Labute approximate surface area is 193 Å². The van der Waals surface area contributed by atoms with Crippen molar-refractivity contribution in [3.8, 4) is 5.75 Å². The number of rotatable bonds is 7. The fourth-order valence-electron chi connectivity index (χ4n) is 3.87. The maximum absolute atomic E-state index is 12.2. The minimum Gasteiger partial charge on any atom is -0.497 e. The number of aliphatic imine (C=N–C) groups is 1. The smallest absolute Gasteiger partial charge is 0.264 e. The maximum atomic E-state index is 12.2. The van der Waals surface area contributed by atoms with Gasteiger partial charge in [-0.2, -0.15) is 8.42 Å². The molecule has 6 atom stereocenters. The quantitative estimate of drug-likeness (QED) is 0.442. The fraction of sp³-hybridized carbons (Fsp3) is 0.435. The van der Waals surface area contributed by atoms with Crippen LogP contribution in [0.5, 0.6) is 5.75 Å². The average molecular weight is 478 g/mol. The van der Waals surface area contributed by atoms with Crippen LogP contribution in [0.1, 0.15) is 17.4 Å². The van der Waals surface area contributed by atoms with Crippen LogP contribution >= 0.6 is 0 Å². The molecule has 0 radical (unpaired) electrons. The summed E-state index contributed by atoms with van der Waals surface area (Å²) < 4.78 is 58.5. The van der Waals surface area contributed by atoms with Crippen LogP contribution in [0.15, 0.2) is 59.6 Å². The van der Waals surface area contributed by atoms with Crippen LogP contribution in [0, 0.1) is 0 Å². The van der Waals surface area contributed by atoms with Crippen molar-refractivity contribution in [2.45, 2.75) is 36.9 Å². The molecule has 9 nitrogen and oxygen atoms in total. The Morgan fingerprint density at radius 3 is 2.39 bits per heavy atom. The molecule has 0 saturated carbocycles. The van der Waals surface area contributed by atoms with Gasteiger partial charge in [0, 0.05) is 18.9 Å². The normalized spacial score (nSPS) is 30.2. The molecule has 2 aliphatic heterocycles. The topological polar surface area (TPSA) is 102 Å². The van der Waals surface area contributed by atoms with E-state index in [1.54, 1.807) is 25.5 Å². The van der Waals surface area contributed by atoms with E-state index in [0.717, 1.165) is 17.4 Å². The standard InChI is InChI=1S/C23H27NO8S/c1-27-17-11-9-15(10-12-17)13-24-19-21(32-33(3,25)26)20-18(30-23(19)28-2)14-29-22(31-20)16-7-5-4-6-8-16/h4-13,18-23H,14H2,1-3H3/t18-,19+,20+,21+,22+,23+/m1/s1. The highest BCUT2D eigenvalue weighted by Gasteiger charge is 2.52. The number of ether oxygens (including phenoxy) is 5. The number of nitrogens with zero attached hydrogens (tertiary/aromatic N) is 1. The van der Waals surface area contributed by atoms with Gasteiger partial charge in [-0.3, -0.25) is 9.18 Å². The van der Waals surface area contributed by atoms with E-state index >= 15 is 0 Å². The monoisotopic (exact) mass is 477 g/mol. The molecule has 0 unspecified atom stereocenters. The van der Waals surface area contributed by atoms with Gasteiger partial charge >= 0.3 is 0 Å². The zero-order valence-electron chi connectivity index (χ0n) is 18.6. The second kappa shape index (κ2) is 10.3. The van der Waals surface area contributed by atoms with Crippen molar-refractivity contribution in [2.24, 2.45) is 4.99 Å². The largest absolute Gasteiger partial charge is 0.497 e. The van der Waals surface area contributed by atoms with Crippen LogP contribution in [0.25, 0.3) is 0 Å². The van der Waals surface area contributed by atoms with E-state index in [-0.39, 0.29) is 6.61 Å². The molecule has 10 heteroatoms. The molecule has 2 heterocycles. The van der Waals surface area contributed by atoms with Gasteiger partial charge in [0.1, 0.15) is 30.1 Å². The first kappa shape index (κ1) is 23.8. The Morgan fingerprint density at radius 1 is 1.03 bits per heavy atom. The van der Waals surface area contributed by atoms with Crippen LogP contribution in [-0.4, -0.2) is 72.4 Å². The lowest BCUT2D eigenvalue weighted by Crippen LogP contribution is -2.62. The zero-order chi connectivity index (χ0) is 23.4. The highest BCUT2D eigenvalue weighted by molar-refractivity contribution is 7.86. The highest BCUT2D eigenvalue weighted by Crippen LogP contribution is 2.37. The van der Waals surface area contributed by atoms with Gasteiger partial charge in [-0.1, -0.05) is 30.3 Å². The summed E-state index contributed by atoms with van der Waals surface area (Å²) in [7, 11) is -0.778. The Bertz CT molecular complexity index is 1040. The Hall–Kier alpha value is -2.34. The summed E-state index contributed by atoms with van der Waals surface area (Å²) in [6, 6.07) is 15.9. The van der Waals surface area contributed by atoms with Gasteiger partial charge < -0.3 is 23.7 Å². The Kier molecular flexibility index (Phi) is 7.42. The van der Waals surface area contributed by atoms with Gasteiger partial charge in [-0.25, -0.2) is 0 Å². The van der Waals surface area contributed by atoms with Crippen molar-refractivity contribution < 1.29 is 36.3 Å². The summed E-state index contributed by atoms with van der Waals surface area (Å²) in [5.41, 5.74) is 1.60. The Balaban J connectivity index is 1.63. The third-order valence-electron chi connectivity index (χ3n) is 5.41. The zero-order valence-corrected chi connectivity index (χ0v) is 19.4. The lowest BCUT2D eigenvalue weighted by Gasteiger charge is -2.47. The number of hydrogen-bond acceptors (Lipinski definition) is 9. The molecule has 0 spiro atoms. The Morgan fingerprint density at radius 2 is 1.76 bits per heavy atom. The lowest BCUT2D eigenvalue weighted by atomic mass is 9.96. The maximum Gasteiger partial charge on any atom is 0.264 e. The number of methoxy groups -OCH3 is 2. The van der Waals surface area contributed by atoms with E-state index in [2.05, 4.69) is 4.99 Å². The number of fused-ring (bicyclic) bond motifs is 1. The summed E-state index contributed by atoms with van der Waals surface area (Å²) >= 11 is 0. The van der Waals surface area contributed by atoms with E-state index in [0.29, 0.717) is 5.75 Å². The molecule has 2 saturated heterocycles. The van der Waals surface area contributed by atoms with Gasteiger partial charge in [0.25, 0.3) is 10.1 Å². The molecule has 2 fully saturated rings. The van der Waals surface area contributed by atoms with Crippen LogP contribution in [-0.2, 0) is 33.2 Å². The highest BCUT2D eigenvalue weighted by atomic mass is 32.2. The first-order chi connectivity index (χ1) is 15.9. The molecular weight excluding hydrogens is 450 g/mol. The van der Waals surface area contributed by atoms with Crippen molar-refractivity contribution in [2.75, 3.05) is 27.1 Å². The van der Waals surface area contributed by atoms with Crippen LogP contribution in [0.3, 0.4) is 0 Å². The second-order valence-electron chi connectivity index (χ2n) is 7.76. The van der Waals surface area contributed by atoms with Crippen molar-refractivity contribution in [1.82, 2.24) is 0 Å². The molecule has 0 aliphatic carbocycles. The second-order valence-corrected chi connectivity index (χ2v) is 9.36. The molecule has 4 rings (SSSR count). The first-order valence-electron chi connectivity index (χ1n) is 10.4. The summed E-state index contributed by atoms with van der Waals surface area (Å²) in [5.74, 6) is 0.714. The van der Waals surface area contributed by atoms with Crippen LogP contribution < -0.4 is 4.74 Å². The SMILES string of the molecule is COc1ccc(C=N[C@@H]2[C@@H](OC)O[C@@H]3CO[C@H](c4ccccc4)O[C@@H]3[C@H]2OS(C)(=O)=O)cc1. The van der Waals surface area contributed by atoms with Crippen molar-refractivity contribution in [3.63, 3.8) is 0 Å². The molecule has 0 aromatic heterocycles. The summed E-state index contributed by atoms with van der Waals surface area (Å²) in [6.07, 6.45) is -1.24. The van der Waals surface area contributed by atoms with Crippen molar-refractivity contribution in [3.05, 3.63) is 65.7 Å². The molecule has 2 aromatic rings. The van der Waals surface area contributed by atoms with E-state index in [1.165, 1.54) is 7.11 Å². The van der Waals surface area contributed by atoms with E-state index in [1.807, 2.05) is 42.5 Å². The number of benzene rings is 2. The van der Waals surface area contributed by atoms with Gasteiger partial charge in [0.2, 0.25) is 0 Å². The van der Waals surface area contributed by atoms with Crippen LogP contribution in [0.4, 0.5) is 0 Å². The third kappa shape index (κ3) is 5.78. The third-order valence-corrected chi connectivity index (χ3v) is 5.98. The summed E-state index contributed by atoms with van der Waals surface area (Å²) in [5, 5.41) is 0. The molecule has 0 bridgehead atoms. The van der Waals surface area contributed by atoms with Gasteiger partial charge in [-0.15, -0.1) is 0 Å². The first-order valence-corrected chi connectivity index (χ1v) is 12.3. The van der Waals surface area contributed by atoms with E-state index in [4.69, 9.17) is 27.9 Å². The fourth-order valence-corrected chi connectivity index (χ4v) is 4.49. The van der Waals surface area contributed by atoms with E-state index in [9.17, 15) is 8.42 Å². The molecule has 2 aromatic carbocycles. The molecule has 0 amide bonds. The molecule has 0 N–H and O–H groups in total. The van der Waals surface area contributed by atoms with Gasteiger partial charge in [-0.05, 0) is 29.8 Å². The predicted molar refractivity (Wildman–Crippen MR) is 120 cm³/mol. The van der Waals surface area contributed by atoms with Crippen molar-refractivity contribution >= 4 is 16.3 Å². The minimum atomic E-state index is -3.84. The lowest BCUT2D eigenvalue weighted by molar-refractivity contribution is -0.335. The van der Waals surface area contributed by atoms with Gasteiger partial charge in [0.05, 0.1) is 20.0 Å². The molecule has 178 valence electrons. The predicted octanol–water partition coefficient (Wildman–Crippen LogP) is 2.31. The average Bonchev–Trinajstić information content (AvgIpc) is 2.83. The molecule has 33 heavy (non-hydrogen) atoms. The molecule has 2 aliphatic rings. The minimum absolute atomic E-state index is 0.183. The van der Waals surface area contributed by atoms with Gasteiger partial charge in [0.15, 0.2) is 12.6 Å². The van der Waals surface area contributed by atoms with Crippen molar-refractivity contribution in [1.29, 1.82) is 0 Å². The molecular formula is C23H27NO8S. The number of hydrogen-bond donors (Lipinski definition) is 0.